The summed E-state index contributed by atoms with van der Waals surface area (Å²) >= 11 is 0. The molecular weight excluding hydrogens is 354 g/mol. The average Bonchev–Trinajstić information content (AvgIpc) is 2.78. The lowest BCUT2D eigenvalue weighted by molar-refractivity contribution is -0.0867. The molecule has 25 heavy (non-hydrogen) atoms. The zero-order valence-electron chi connectivity index (χ0n) is 13.8. The van der Waals surface area contributed by atoms with Crippen LogP contribution in [0.2, 0.25) is 0 Å². The lowest BCUT2D eigenvalue weighted by Gasteiger charge is -2.35. The summed E-state index contributed by atoms with van der Waals surface area (Å²) in [5, 5.41) is 2.96. The molecule has 9 heteroatoms. The Balaban J connectivity index is 1.69. The minimum absolute atomic E-state index is 0.0219. The Hall–Kier alpha value is -1.74. The summed E-state index contributed by atoms with van der Waals surface area (Å²) in [5.41, 5.74) is 1.76. The van der Waals surface area contributed by atoms with Crippen LogP contribution >= 0.6 is 0 Å². The van der Waals surface area contributed by atoms with E-state index in [1.165, 1.54) is 4.57 Å². The smallest absolute Gasteiger partial charge is 0.408 e. The van der Waals surface area contributed by atoms with Crippen LogP contribution in [-0.4, -0.2) is 44.0 Å². The third kappa shape index (κ3) is 4.27. The first-order valence-electron chi connectivity index (χ1n) is 8.04. The average molecular weight is 374 g/mol. The highest BCUT2D eigenvalue weighted by atomic mass is 32.2. The fraction of sp³-hybridized carbons (Fsp3) is 0.562. The number of aromatic nitrogens is 1. The lowest BCUT2D eigenvalue weighted by Crippen LogP contribution is -2.33. The molecule has 1 N–H and O–H groups in total. The second-order valence-corrected chi connectivity index (χ2v) is 8.85. The molecule has 0 saturated heterocycles. The summed E-state index contributed by atoms with van der Waals surface area (Å²) in [6.07, 6.45) is 0.815. The number of hydrogen-bond acceptors (Lipinski definition) is 5. The highest BCUT2D eigenvalue weighted by molar-refractivity contribution is 7.90. The van der Waals surface area contributed by atoms with Gasteiger partial charge in [0.25, 0.3) is 0 Å². The quantitative estimate of drug-likeness (QED) is 0.747. The number of benzene rings is 1. The summed E-state index contributed by atoms with van der Waals surface area (Å²) in [4.78, 5) is 12.0. The summed E-state index contributed by atoms with van der Waals surface area (Å²) in [7, 11) is -3.03. The molecule has 1 fully saturated rings. The lowest BCUT2D eigenvalue weighted by atomic mass is 9.77. The van der Waals surface area contributed by atoms with Gasteiger partial charge < -0.3 is 9.73 Å². The summed E-state index contributed by atoms with van der Waals surface area (Å²) in [6, 6.07) is 5.09. The summed E-state index contributed by atoms with van der Waals surface area (Å²) < 4.78 is 54.9. The molecule has 0 radical (unpaired) electrons. The van der Waals surface area contributed by atoms with Crippen molar-refractivity contribution >= 4 is 20.9 Å². The molecule has 0 bridgehead atoms. The largest absolute Gasteiger partial charge is 0.419 e. The van der Waals surface area contributed by atoms with E-state index in [2.05, 4.69) is 5.32 Å². The third-order valence-electron chi connectivity index (χ3n) is 4.41. The first-order chi connectivity index (χ1) is 11.6. The number of hydrogen-bond donors (Lipinski definition) is 1. The molecule has 1 aliphatic rings. The standard InChI is InChI=1S/C16H20F2N2O4S/c1-25(22,23)7-5-19-4-6-20-13-8-11(12-9-16(17,18)10-12)2-3-14(13)24-15(20)21/h2-3,8,12,19H,4-7,9-10H2,1H3. The van der Waals surface area contributed by atoms with E-state index in [0.717, 1.165) is 11.8 Å². The van der Waals surface area contributed by atoms with Crippen molar-refractivity contribution in [3.63, 3.8) is 0 Å². The molecule has 6 nitrogen and oxygen atoms in total. The minimum atomic E-state index is -3.03. The topological polar surface area (TPSA) is 81.3 Å². The van der Waals surface area contributed by atoms with E-state index in [0.29, 0.717) is 30.7 Å². The summed E-state index contributed by atoms with van der Waals surface area (Å²) in [5.74, 6) is -3.30. The van der Waals surface area contributed by atoms with Crippen LogP contribution < -0.4 is 11.1 Å². The van der Waals surface area contributed by atoms with Gasteiger partial charge in [0, 0.05) is 38.7 Å². The van der Waals surface area contributed by atoms with Crippen LogP contribution in [0.4, 0.5) is 8.78 Å². The van der Waals surface area contributed by atoms with Crippen LogP contribution in [0.1, 0.15) is 24.3 Å². The van der Waals surface area contributed by atoms with Gasteiger partial charge in [-0.1, -0.05) is 6.07 Å². The van der Waals surface area contributed by atoms with Gasteiger partial charge in [0.2, 0.25) is 5.92 Å². The summed E-state index contributed by atoms with van der Waals surface area (Å²) in [6.45, 7) is 1.00. The van der Waals surface area contributed by atoms with Crippen LogP contribution in [0.3, 0.4) is 0 Å². The molecule has 1 heterocycles. The Morgan fingerprint density at radius 2 is 2.04 bits per heavy atom. The number of nitrogens with one attached hydrogen (secondary N) is 1. The van der Waals surface area contributed by atoms with Crippen LogP contribution in [0, 0.1) is 0 Å². The number of alkyl halides is 2. The fourth-order valence-corrected chi connectivity index (χ4v) is 3.53. The van der Waals surface area contributed by atoms with E-state index in [4.69, 9.17) is 4.42 Å². The van der Waals surface area contributed by atoms with Crippen molar-refractivity contribution in [2.45, 2.75) is 31.2 Å². The molecule has 1 saturated carbocycles. The van der Waals surface area contributed by atoms with Crippen molar-refractivity contribution in [1.82, 2.24) is 9.88 Å². The van der Waals surface area contributed by atoms with Crippen LogP contribution in [-0.2, 0) is 16.4 Å². The van der Waals surface area contributed by atoms with Gasteiger partial charge in [0.1, 0.15) is 9.84 Å². The molecule has 138 valence electrons. The zero-order chi connectivity index (χ0) is 18.2. The number of oxazole rings is 1. The van der Waals surface area contributed by atoms with Crippen LogP contribution in [0.25, 0.3) is 11.1 Å². The molecule has 1 aromatic carbocycles. The van der Waals surface area contributed by atoms with E-state index in [9.17, 15) is 22.0 Å². The Bertz CT molecular complexity index is 925. The number of fused-ring (bicyclic) bond motifs is 1. The highest BCUT2D eigenvalue weighted by Crippen LogP contribution is 2.48. The molecule has 0 unspecified atom stereocenters. The second kappa shape index (κ2) is 6.53. The van der Waals surface area contributed by atoms with Gasteiger partial charge in [-0.25, -0.2) is 22.0 Å². The second-order valence-electron chi connectivity index (χ2n) is 6.59. The van der Waals surface area contributed by atoms with Crippen LogP contribution in [0.5, 0.6) is 0 Å². The van der Waals surface area contributed by atoms with Crippen molar-refractivity contribution < 1.29 is 21.6 Å². The van der Waals surface area contributed by atoms with Crippen molar-refractivity contribution in [3.05, 3.63) is 34.3 Å². The van der Waals surface area contributed by atoms with E-state index < -0.39 is 21.5 Å². The van der Waals surface area contributed by atoms with E-state index in [-0.39, 0.29) is 24.5 Å². The van der Waals surface area contributed by atoms with Gasteiger partial charge in [-0.15, -0.1) is 0 Å². The molecule has 0 amide bonds. The Morgan fingerprint density at radius 1 is 1.32 bits per heavy atom. The monoisotopic (exact) mass is 374 g/mol. The van der Waals surface area contributed by atoms with Gasteiger partial charge in [0.05, 0.1) is 11.3 Å². The SMILES string of the molecule is CS(=O)(=O)CCNCCn1c(=O)oc2ccc(C3CC(F)(F)C3)cc21. The third-order valence-corrected chi connectivity index (χ3v) is 5.36. The molecular formula is C16H20F2N2O4S. The first kappa shape index (κ1) is 18.1. The predicted molar refractivity (Wildman–Crippen MR) is 90.0 cm³/mol. The fourth-order valence-electron chi connectivity index (χ4n) is 3.02. The molecule has 2 aromatic rings. The molecule has 0 spiro atoms. The number of halogens is 2. The first-order valence-corrected chi connectivity index (χ1v) is 10.1. The van der Waals surface area contributed by atoms with E-state index in [1.54, 1.807) is 18.2 Å². The molecule has 3 rings (SSSR count). The van der Waals surface area contributed by atoms with Crippen molar-refractivity contribution in [2.24, 2.45) is 0 Å². The molecule has 1 aromatic heterocycles. The van der Waals surface area contributed by atoms with Gasteiger partial charge in [0.15, 0.2) is 5.58 Å². The number of nitrogens with zero attached hydrogens (tertiary/aromatic N) is 1. The van der Waals surface area contributed by atoms with Gasteiger partial charge in [-0.3, -0.25) is 4.57 Å². The van der Waals surface area contributed by atoms with Crippen molar-refractivity contribution in [2.75, 3.05) is 25.1 Å². The molecule has 0 atom stereocenters. The van der Waals surface area contributed by atoms with Gasteiger partial charge in [-0.2, -0.15) is 0 Å². The van der Waals surface area contributed by atoms with Crippen molar-refractivity contribution in [3.8, 4) is 0 Å². The maximum Gasteiger partial charge on any atom is 0.419 e. The van der Waals surface area contributed by atoms with Gasteiger partial charge in [-0.05, 0) is 23.6 Å². The molecule has 0 aliphatic heterocycles. The van der Waals surface area contributed by atoms with Crippen molar-refractivity contribution in [1.29, 1.82) is 0 Å². The Labute approximate surface area is 143 Å². The normalized spacial score (nSPS) is 17.7. The van der Waals surface area contributed by atoms with Gasteiger partial charge >= 0.3 is 5.76 Å². The minimum Gasteiger partial charge on any atom is -0.408 e. The maximum absolute atomic E-state index is 13.1. The predicted octanol–water partition coefficient (Wildman–Crippen LogP) is 1.74. The van der Waals surface area contributed by atoms with E-state index in [1.807, 2.05) is 0 Å². The Kier molecular flexibility index (Phi) is 4.72. The molecule has 1 aliphatic carbocycles. The van der Waals surface area contributed by atoms with E-state index >= 15 is 0 Å². The van der Waals surface area contributed by atoms with Crippen LogP contribution in [0.15, 0.2) is 27.4 Å². The zero-order valence-corrected chi connectivity index (χ0v) is 14.6. The number of rotatable bonds is 7. The Morgan fingerprint density at radius 3 is 2.68 bits per heavy atom. The maximum atomic E-state index is 13.1. The number of sulfone groups is 1. The highest BCUT2D eigenvalue weighted by Gasteiger charge is 2.45.